The lowest BCUT2D eigenvalue weighted by molar-refractivity contribution is -0.128. The third-order valence-corrected chi connectivity index (χ3v) is 4.23. The minimum Gasteiger partial charge on any atom is -0.381 e. The van der Waals surface area contributed by atoms with E-state index in [1.165, 1.54) is 0 Å². The number of primary amides is 1. The first-order valence-corrected chi connectivity index (χ1v) is 6.79. The van der Waals surface area contributed by atoms with Gasteiger partial charge in [0.15, 0.2) is 0 Å². The van der Waals surface area contributed by atoms with Crippen LogP contribution >= 0.6 is 0 Å². The number of rotatable bonds is 6. The number of amides is 1. The molecule has 0 spiro atoms. The van der Waals surface area contributed by atoms with Crippen LogP contribution in [0.3, 0.4) is 0 Å². The Hall–Kier alpha value is -0.650. The Labute approximate surface area is 108 Å². The van der Waals surface area contributed by atoms with Crippen molar-refractivity contribution in [3.05, 3.63) is 0 Å². The molecular formula is C13H24N2O3. The summed E-state index contributed by atoms with van der Waals surface area (Å²) in [4.78, 5) is 11.5. The van der Waals surface area contributed by atoms with Crippen molar-refractivity contribution in [1.82, 2.24) is 0 Å². The normalized spacial score (nSPS) is 31.9. The second-order valence-electron chi connectivity index (χ2n) is 5.64. The zero-order chi connectivity index (χ0) is 13.2. The zero-order valence-corrected chi connectivity index (χ0v) is 11.1. The molecule has 5 heteroatoms. The van der Waals surface area contributed by atoms with Crippen LogP contribution in [0.15, 0.2) is 0 Å². The largest absolute Gasteiger partial charge is 0.381 e. The van der Waals surface area contributed by atoms with Gasteiger partial charge in [0.25, 0.3) is 0 Å². The quantitative estimate of drug-likeness (QED) is 0.726. The van der Waals surface area contributed by atoms with E-state index in [-0.39, 0.29) is 24.7 Å². The van der Waals surface area contributed by atoms with Gasteiger partial charge in [0.05, 0.1) is 18.8 Å². The van der Waals surface area contributed by atoms with Crippen LogP contribution in [-0.4, -0.2) is 37.4 Å². The minimum absolute atomic E-state index is 0.143. The first kappa shape index (κ1) is 13.8. The molecule has 1 amide bonds. The van der Waals surface area contributed by atoms with E-state index in [2.05, 4.69) is 0 Å². The van der Waals surface area contributed by atoms with Gasteiger partial charge in [-0.3, -0.25) is 4.79 Å². The number of carbonyl (C=O) groups excluding carboxylic acids is 1. The lowest BCUT2D eigenvalue weighted by Gasteiger charge is -2.32. The first-order chi connectivity index (χ1) is 8.56. The molecule has 0 radical (unpaired) electrons. The van der Waals surface area contributed by atoms with Crippen molar-refractivity contribution >= 4 is 5.91 Å². The molecule has 3 unspecified atom stereocenters. The van der Waals surface area contributed by atoms with Crippen molar-refractivity contribution in [2.24, 2.45) is 17.4 Å². The van der Waals surface area contributed by atoms with Crippen molar-refractivity contribution < 1.29 is 14.3 Å². The lowest BCUT2D eigenvalue weighted by Crippen LogP contribution is -2.58. The predicted molar refractivity (Wildman–Crippen MR) is 67.8 cm³/mol. The van der Waals surface area contributed by atoms with E-state index in [0.29, 0.717) is 0 Å². The van der Waals surface area contributed by atoms with E-state index >= 15 is 0 Å². The van der Waals surface area contributed by atoms with Crippen molar-refractivity contribution in [1.29, 1.82) is 0 Å². The highest BCUT2D eigenvalue weighted by atomic mass is 16.5. The fourth-order valence-electron chi connectivity index (χ4n) is 2.71. The highest BCUT2D eigenvalue weighted by Gasteiger charge is 2.47. The Balaban J connectivity index is 1.84. The van der Waals surface area contributed by atoms with Gasteiger partial charge in [-0.2, -0.15) is 0 Å². The van der Waals surface area contributed by atoms with Crippen LogP contribution in [0.1, 0.15) is 38.5 Å². The van der Waals surface area contributed by atoms with Crippen LogP contribution in [0.4, 0.5) is 0 Å². The van der Waals surface area contributed by atoms with E-state index in [1.54, 1.807) is 7.11 Å². The average molecular weight is 256 g/mol. The average Bonchev–Trinajstić information content (AvgIpc) is 3.20. The first-order valence-electron chi connectivity index (χ1n) is 6.79. The van der Waals surface area contributed by atoms with E-state index in [1.807, 2.05) is 0 Å². The number of methoxy groups -OCH3 is 1. The van der Waals surface area contributed by atoms with Crippen molar-refractivity contribution in [2.75, 3.05) is 13.7 Å². The van der Waals surface area contributed by atoms with Crippen molar-refractivity contribution in [3.8, 4) is 0 Å². The smallest absolute Gasteiger partial charge is 0.240 e. The second kappa shape index (κ2) is 5.55. The molecule has 4 N–H and O–H groups in total. The van der Waals surface area contributed by atoms with Gasteiger partial charge >= 0.3 is 0 Å². The lowest BCUT2D eigenvalue weighted by atomic mass is 9.92. The zero-order valence-electron chi connectivity index (χ0n) is 11.1. The number of hydrogen-bond donors (Lipinski definition) is 2. The maximum Gasteiger partial charge on any atom is 0.240 e. The summed E-state index contributed by atoms with van der Waals surface area (Å²) < 4.78 is 11.2. The van der Waals surface area contributed by atoms with E-state index in [9.17, 15) is 4.79 Å². The van der Waals surface area contributed by atoms with Gasteiger partial charge in [-0.25, -0.2) is 0 Å². The van der Waals surface area contributed by atoms with Crippen LogP contribution < -0.4 is 11.5 Å². The van der Waals surface area contributed by atoms with Gasteiger partial charge < -0.3 is 20.9 Å². The molecule has 5 nitrogen and oxygen atoms in total. The van der Waals surface area contributed by atoms with Gasteiger partial charge in [-0.05, 0) is 44.4 Å². The highest BCUT2D eigenvalue weighted by molar-refractivity contribution is 5.85. The molecule has 2 fully saturated rings. The third kappa shape index (κ3) is 3.02. The van der Waals surface area contributed by atoms with Crippen LogP contribution in [0, 0.1) is 5.92 Å². The Kier molecular flexibility index (Phi) is 4.25. The second-order valence-corrected chi connectivity index (χ2v) is 5.64. The monoisotopic (exact) mass is 256 g/mol. The van der Waals surface area contributed by atoms with E-state index < -0.39 is 11.4 Å². The molecule has 0 heterocycles. The summed E-state index contributed by atoms with van der Waals surface area (Å²) in [7, 11) is 1.73. The molecule has 104 valence electrons. The summed E-state index contributed by atoms with van der Waals surface area (Å²) >= 11 is 0. The Bertz CT molecular complexity index is 307. The molecule has 2 aliphatic carbocycles. The SMILES string of the molecule is COC1CCCC(OCC(N)(C(N)=O)C2CC2)C1. The van der Waals surface area contributed by atoms with Gasteiger partial charge in [0.1, 0.15) is 5.54 Å². The molecule has 18 heavy (non-hydrogen) atoms. The van der Waals surface area contributed by atoms with Gasteiger partial charge in [0.2, 0.25) is 5.91 Å². The van der Waals surface area contributed by atoms with Crippen molar-refractivity contribution in [3.63, 3.8) is 0 Å². The van der Waals surface area contributed by atoms with Gasteiger partial charge in [0, 0.05) is 7.11 Å². The highest BCUT2D eigenvalue weighted by Crippen LogP contribution is 2.38. The number of carbonyl (C=O) groups is 1. The Morgan fingerprint density at radius 2 is 1.94 bits per heavy atom. The van der Waals surface area contributed by atoms with E-state index in [4.69, 9.17) is 20.9 Å². The number of ether oxygens (including phenoxy) is 2. The fraction of sp³-hybridized carbons (Fsp3) is 0.923. The molecular weight excluding hydrogens is 232 g/mol. The van der Waals surface area contributed by atoms with Gasteiger partial charge in [-0.1, -0.05) is 0 Å². The molecule has 2 rings (SSSR count). The number of hydrogen-bond acceptors (Lipinski definition) is 4. The summed E-state index contributed by atoms with van der Waals surface area (Å²) in [5, 5.41) is 0. The molecule has 3 atom stereocenters. The molecule has 0 saturated heterocycles. The standard InChI is InChI=1S/C13H24N2O3/c1-17-10-3-2-4-11(7-10)18-8-13(15,12(14)16)9-5-6-9/h9-11H,2-8,15H2,1H3,(H2,14,16). The van der Waals surface area contributed by atoms with Crippen LogP contribution in [0.2, 0.25) is 0 Å². The molecule has 2 aliphatic rings. The molecule has 2 saturated carbocycles. The molecule has 0 aromatic heterocycles. The van der Waals surface area contributed by atoms with Gasteiger partial charge in [-0.15, -0.1) is 0 Å². The summed E-state index contributed by atoms with van der Waals surface area (Å²) in [6.45, 7) is 0.244. The molecule has 0 aromatic rings. The molecule has 0 bridgehead atoms. The third-order valence-electron chi connectivity index (χ3n) is 4.23. The maximum atomic E-state index is 11.5. The summed E-state index contributed by atoms with van der Waals surface area (Å²) in [6, 6.07) is 0. The topological polar surface area (TPSA) is 87.6 Å². The maximum absolute atomic E-state index is 11.5. The number of nitrogens with two attached hydrogens (primary N) is 2. The van der Waals surface area contributed by atoms with Crippen molar-refractivity contribution in [2.45, 2.75) is 56.3 Å². The minimum atomic E-state index is -0.972. The summed E-state index contributed by atoms with van der Waals surface area (Å²) in [5.74, 6) is -0.235. The fourth-order valence-corrected chi connectivity index (χ4v) is 2.71. The molecule has 0 aliphatic heterocycles. The molecule has 0 aromatic carbocycles. The summed E-state index contributed by atoms with van der Waals surface area (Å²) in [6.07, 6.45) is 6.45. The van der Waals surface area contributed by atoms with Crippen LogP contribution in [0.5, 0.6) is 0 Å². The van der Waals surface area contributed by atoms with Crippen LogP contribution in [-0.2, 0) is 14.3 Å². The summed E-state index contributed by atoms with van der Waals surface area (Å²) in [5.41, 5.74) is 10.5. The van der Waals surface area contributed by atoms with Crippen LogP contribution in [0.25, 0.3) is 0 Å². The Morgan fingerprint density at radius 3 is 2.50 bits per heavy atom. The Morgan fingerprint density at radius 1 is 1.28 bits per heavy atom. The van der Waals surface area contributed by atoms with E-state index in [0.717, 1.165) is 38.5 Å². The predicted octanol–water partition coefficient (Wildman–Crippen LogP) is 0.553.